The zero-order chi connectivity index (χ0) is 64.0. The van der Waals surface area contributed by atoms with Crippen molar-refractivity contribution >= 4 is 52.5 Å². The lowest BCUT2D eigenvalue weighted by Crippen LogP contribution is -2.42. The second kappa shape index (κ2) is 37.6. The molecule has 0 radical (unpaired) electrons. The summed E-state index contributed by atoms with van der Waals surface area (Å²) in [5.74, 6) is -3.79. The summed E-state index contributed by atoms with van der Waals surface area (Å²) in [6.07, 6.45) is 5.11. The van der Waals surface area contributed by atoms with Crippen LogP contribution in [0.1, 0.15) is 148 Å². The van der Waals surface area contributed by atoms with E-state index in [9.17, 15) is 48.3 Å². The Balaban J connectivity index is 1.56. The molecule has 0 aliphatic heterocycles. The summed E-state index contributed by atoms with van der Waals surface area (Å²) < 4.78 is 22.1. The third kappa shape index (κ3) is 22.4. The number of carbonyl (C=O) groups is 9. The van der Waals surface area contributed by atoms with Crippen molar-refractivity contribution in [2.75, 3.05) is 61.2 Å². The van der Waals surface area contributed by atoms with Gasteiger partial charge in [0.15, 0.2) is 28.9 Å². The first-order valence-corrected chi connectivity index (χ1v) is 29.5. The Labute approximate surface area is 509 Å². The van der Waals surface area contributed by atoms with Gasteiger partial charge in [-0.25, -0.2) is 0 Å². The minimum atomic E-state index is -1.05. The number of nitrogens with two attached hydrogens (primary N) is 5. The summed E-state index contributed by atoms with van der Waals surface area (Å²) in [5, 5.41) is 20.4. The molecule has 0 fully saturated rings. The maximum Gasteiger partial charge on any atom is 0.255 e. The molecule has 0 aliphatic rings. The smallest absolute Gasteiger partial charge is 0.255 e. The third-order valence-electron chi connectivity index (χ3n) is 14.8. The Morgan fingerprint density at radius 2 is 0.655 bits per heavy atom. The van der Waals surface area contributed by atoms with Crippen molar-refractivity contribution < 1.29 is 67.2 Å². The fourth-order valence-electron chi connectivity index (χ4n) is 9.76. The maximum absolute atomic E-state index is 14.4. The van der Waals surface area contributed by atoms with Crippen molar-refractivity contribution in [3.05, 3.63) is 117 Å². The molecule has 4 aromatic carbocycles. The molecule has 0 unspecified atom stereocenters. The zero-order valence-electron chi connectivity index (χ0n) is 50.8. The molecule has 87 heavy (non-hydrogen) atoms. The molecular formula is C64H89N9O14. The molecule has 0 bridgehead atoms. The maximum atomic E-state index is 14.4. The van der Waals surface area contributed by atoms with E-state index in [1.54, 1.807) is 36.4 Å². The van der Waals surface area contributed by atoms with Crippen molar-refractivity contribution in [3.63, 3.8) is 0 Å². The van der Waals surface area contributed by atoms with Crippen LogP contribution in [-0.2, 0) is 49.7 Å². The summed E-state index contributed by atoms with van der Waals surface area (Å²) in [6.45, 7) is 2.19. The number of methoxy groups -OCH3 is 4. The molecular weight excluding hydrogens is 1120 g/mol. The number of ether oxygens (including phenoxy) is 4. The summed E-state index contributed by atoms with van der Waals surface area (Å²) in [6, 6.07) is 13.9. The van der Waals surface area contributed by atoms with Gasteiger partial charge < -0.3 is 74.0 Å². The highest BCUT2D eigenvalue weighted by atomic mass is 16.5. The number of Topliss-reactive ketones (excluding diaryl/α,β-unsaturated/α-hetero) is 5. The highest BCUT2D eigenvalue weighted by Gasteiger charge is 2.29. The van der Waals surface area contributed by atoms with E-state index in [0.29, 0.717) is 99.8 Å². The summed E-state index contributed by atoms with van der Waals surface area (Å²) in [4.78, 5) is 124. The first kappa shape index (κ1) is 71.6. The molecule has 0 spiro atoms. The minimum Gasteiger partial charge on any atom is -0.496 e. The lowest BCUT2D eigenvalue weighted by atomic mass is 9.95. The highest BCUT2D eigenvalue weighted by molar-refractivity contribution is 6.04. The fraction of sp³-hybridized carbons (Fsp3) is 0.484. The number of unbranched alkanes of at least 4 members (excludes halogenated alkanes) is 4. The van der Waals surface area contributed by atoms with Crippen LogP contribution in [0, 0.1) is 0 Å². The topological polar surface area (TPSA) is 389 Å². The van der Waals surface area contributed by atoms with Crippen molar-refractivity contribution in [1.82, 2.24) is 21.3 Å². The van der Waals surface area contributed by atoms with Crippen LogP contribution in [0.5, 0.6) is 23.0 Å². The molecule has 474 valence electrons. The molecule has 5 atom stereocenters. The normalized spacial score (nSPS) is 12.8. The molecule has 4 aromatic rings. The van der Waals surface area contributed by atoms with Gasteiger partial charge in [0.05, 0.1) is 80.9 Å². The zero-order valence-corrected chi connectivity index (χ0v) is 50.8. The molecule has 23 nitrogen and oxygen atoms in total. The van der Waals surface area contributed by atoms with Crippen molar-refractivity contribution in [2.45, 2.75) is 140 Å². The predicted molar refractivity (Wildman–Crippen MR) is 329 cm³/mol. The second-order valence-corrected chi connectivity index (χ2v) is 21.4. The summed E-state index contributed by atoms with van der Waals surface area (Å²) >= 11 is 0. The van der Waals surface area contributed by atoms with Gasteiger partial charge in [-0.2, -0.15) is 0 Å². The molecule has 0 aliphatic carbocycles. The van der Waals surface area contributed by atoms with E-state index in [4.69, 9.17) is 47.6 Å². The van der Waals surface area contributed by atoms with E-state index < -0.39 is 72.0 Å². The molecule has 15 N–H and O–H groups in total. The van der Waals surface area contributed by atoms with Crippen LogP contribution in [-0.4, -0.2) is 149 Å². The number of ketones is 5. The second-order valence-electron chi connectivity index (χ2n) is 21.4. The predicted octanol–water partition coefficient (Wildman–Crippen LogP) is 3.09. The first-order valence-electron chi connectivity index (χ1n) is 29.5. The number of benzene rings is 4. The molecule has 4 rings (SSSR count). The van der Waals surface area contributed by atoms with Gasteiger partial charge in [-0.05, 0) is 175 Å². The first-order chi connectivity index (χ1) is 41.8. The Morgan fingerprint density at radius 3 is 0.920 bits per heavy atom. The lowest BCUT2D eigenvalue weighted by Gasteiger charge is -2.21. The molecule has 4 amide bonds. The van der Waals surface area contributed by atoms with E-state index in [0.717, 1.165) is 6.42 Å². The monoisotopic (exact) mass is 1210 g/mol. The molecule has 0 saturated carbocycles. The standard InChI is InChI=1S/C64H89N9O14/c1-39(56(79)38-74)70-61(80)44-31-41(19-23-57(44)84-2)35-53(76)49(15-7-11-27-66)72-63(82)46-33-43(21-25-59(46)86-4)37-55(78)51(17-9-13-29-68)73-64(83)47-32-42(20-24-60(47)87-5)36-54(77)50(16-8-12-28-67)71-62(81)45-30-40(18-22-58(45)85-3)34-52(75)48(69)14-6-10-26-65/h18-25,30-33,39,48-51,74H,6-17,26-29,34-38,65-69H2,1-5H3,(H,70,80)(H,71,81)(H,72,82)(H,73,83)/t39-,48-,49-,50-,51-/m0/s1. The van der Waals surface area contributed by atoms with E-state index >= 15 is 0 Å². The van der Waals surface area contributed by atoms with E-state index in [-0.39, 0.29) is 108 Å². The number of carbonyl (C=O) groups excluding carboxylic acids is 9. The Morgan fingerprint density at radius 1 is 0.391 bits per heavy atom. The minimum absolute atomic E-state index is 0.0139. The van der Waals surface area contributed by atoms with Crippen LogP contribution < -0.4 is 68.9 Å². The molecule has 0 saturated heterocycles. The van der Waals surface area contributed by atoms with Gasteiger partial charge in [-0.1, -0.05) is 30.7 Å². The Hall–Kier alpha value is -7.93. The Kier molecular flexibility index (Phi) is 30.9. The average molecular weight is 1210 g/mol. The largest absolute Gasteiger partial charge is 0.496 e. The van der Waals surface area contributed by atoms with Gasteiger partial charge >= 0.3 is 0 Å². The number of amides is 4. The van der Waals surface area contributed by atoms with E-state index in [1.165, 1.54) is 71.8 Å². The molecule has 0 heterocycles. The Bertz CT molecular complexity index is 2990. The number of aliphatic hydroxyl groups is 1. The van der Waals surface area contributed by atoms with Gasteiger partial charge in [-0.3, -0.25) is 43.2 Å². The average Bonchev–Trinajstić information content (AvgIpc) is 2.44. The number of rotatable bonds is 42. The van der Waals surface area contributed by atoms with Crippen LogP contribution in [0.15, 0.2) is 72.8 Å². The van der Waals surface area contributed by atoms with Crippen LogP contribution >= 0.6 is 0 Å². The summed E-state index contributed by atoms with van der Waals surface area (Å²) in [5.41, 5.74) is 31.2. The van der Waals surface area contributed by atoms with Crippen LogP contribution in [0.4, 0.5) is 0 Å². The van der Waals surface area contributed by atoms with Crippen LogP contribution in [0.2, 0.25) is 0 Å². The third-order valence-corrected chi connectivity index (χ3v) is 14.8. The lowest BCUT2D eigenvalue weighted by molar-refractivity contribution is -0.123. The van der Waals surface area contributed by atoms with Gasteiger partial charge in [0.25, 0.3) is 23.6 Å². The van der Waals surface area contributed by atoms with E-state index in [1.807, 2.05) is 0 Å². The SMILES string of the molecule is COc1ccc(CC(=O)[C@H](CCCCN)NC(=O)c2cc(CC(=O)[C@H](CCCCN)NC(=O)c3cc(CC(=O)[C@H](CCCCN)NC(=O)c4cc(CC(=O)[C@@H](N)CCCCN)ccc4OC)ccc3OC)ccc2OC)cc1C(=O)N[C@@H](C)C(=O)CO. The molecule has 23 heteroatoms. The van der Waals surface area contributed by atoms with Gasteiger partial charge in [0.2, 0.25) is 0 Å². The quantitative estimate of drug-likeness (QED) is 0.0285. The van der Waals surface area contributed by atoms with Crippen molar-refractivity contribution in [2.24, 2.45) is 28.7 Å². The van der Waals surface area contributed by atoms with Crippen molar-refractivity contribution in [3.8, 4) is 23.0 Å². The number of hydrogen-bond acceptors (Lipinski definition) is 19. The van der Waals surface area contributed by atoms with Gasteiger partial charge in [-0.15, -0.1) is 0 Å². The number of aliphatic hydroxyl groups excluding tert-OH is 1. The van der Waals surface area contributed by atoms with Gasteiger partial charge in [0, 0.05) is 25.7 Å². The fourth-order valence-corrected chi connectivity index (χ4v) is 9.76. The number of hydrogen-bond donors (Lipinski definition) is 10. The number of nitrogens with one attached hydrogen (secondary N) is 4. The van der Waals surface area contributed by atoms with Crippen LogP contribution in [0.25, 0.3) is 0 Å². The van der Waals surface area contributed by atoms with Gasteiger partial charge in [0.1, 0.15) is 29.6 Å². The molecule has 0 aromatic heterocycles. The van der Waals surface area contributed by atoms with E-state index in [2.05, 4.69) is 21.3 Å². The summed E-state index contributed by atoms with van der Waals surface area (Å²) in [7, 11) is 5.52. The van der Waals surface area contributed by atoms with Crippen LogP contribution in [0.3, 0.4) is 0 Å². The highest BCUT2D eigenvalue weighted by Crippen LogP contribution is 2.27. The van der Waals surface area contributed by atoms with Crippen molar-refractivity contribution in [1.29, 1.82) is 0 Å².